The molecule has 1 aliphatic heterocycles. The highest BCUT2D eigenvalue weighted by Gasteiger charge is 2.65. The van der Waals surface area contributed by atoms with Crippen molar-refractivity contribution in [2.75, 3.05) is 24.0 Å². The van der Waals surface area contributed by atoms with Gasteiger partial charge >= 0.3 is 0 Å². The molecule has 2 atom stereocenters. The molecule has 3 N–H and O–H groups in total. The van der Waals surface area contributed by atoms with Gasteiger partial charge in [-0.3, -0.25) is 9.89 Å². The van der Waals surface area contributed by atoms with Crippen LogP contribution in [-0.2, 0) is 10.2 Å². The quantitative estimate of drug-likeness (QED) is 0.378. The third-order valence-corrected chi connectivity index (χ3v) is 7.38. The van der Waals surface area contributed by atoms with E-state index in [4.69, 9.17) is 4.74 Å². The van der Waals surface area contributed by atoms with Crippen LogP contribution in [0.5, 0.6) is 5.75 Å². The summed E-state index contributed by atoms with van der Waals surface area (Å²) in [5, 5.41) is 15.0. The molecule has 0 bridgehead atoms. The number of thioether (sulfide) groups is 1. The lowest BCUT2D eigenvalue weighted by molar-refractivity contribution is -0.118. The van der Waals surface area contributed by atoms with Crippen LogP contribution in [0, 0.1) is 6.92 Å². The van der Waals surface area contributed by atoms with Crippen LogP contribution >= 0.6 is 11.8 Å². The first-order valence-electron chi connectivity index (χ1n) is 10.7. The Morgan fingerprint density at radius 1 is 1.21 bits per heavy atom. The number of fused-ring (bicyclic) bond motifs is 3. The molecule has 0 saturated heterocycles. The zero-order chi connectivity index (χ0) is 22.7. The number of H-pyrrole nitrogens is 1. The summed E-state index contributed by atoms with van der Waals surface area (Å²) in [6.45, 7) is 1.86. The predicted octanol–water partition coefficient (Wildman–Crippen LogP) is 4.51. The Balaban J connectivity index is 1.33. The van der Waals surface area contributed by atoms with E-state index in [-0.39, 0.29) is 11.8 Å². The van der Waals surface area contributed by atoms with Gasteiger partial charge in [0, 0.05) is 23.2 Å². The Bertz CT molecular complexity index is 1430. The van der Waals surface area contributed by atoms with Crippen LogP contribution in [0.3, 0.4) is 0 Å². The van der Waals surface area contributed by atoms with E-state index in [1.807, 2.05) is 37.6 Å². The zero-order valence-electron chi connectivity index (χ0n) is 18.4. The molecule has 1 amide bonds. The fraction of sp³-hybridized carbons (Fsp3) is 0.250. The number of aromatic nitrogens is 4. The van der Waals surface area contributed by atoms with E-state index >= 15 is 0 Å². The molecule has 2 aromatic carbocycles. The van der Waals surface area contributed by atoms with Gasteiger partial charge in [0.25, 0.3) is 0 Å². The summed E-state index contributed by atoms with van der Waals surface area (Å²) in [5.74, 6) is 3.09. The Labute approximate surface area is 194 Å². The fourth-order valence-electron chi connectivity index (χ4n) is 4.86. The van der Waals surface area contributed by atoms with Gasteiger partial charge in [-0.25, -0.2) is 9.97 Å². The second-order valence-corrected chi connectivity index (χ2v) is 9.28. The van der Waals surface area contributed by atoms with E-state index < -0.39 is 5.41 Å². The second kappa shape index (κ2) is 7.21. The number of aromatic amines is 1. The van der Waals surface area contributed by atoms with Gasteiger partial charge in [-0.1, -0.05) is 6.07 Å². The lowest BCUT2D eigenvalue weighted by Crippen LogP contribution is -2.21. The summed E-state index contributed by atoms with van der Waals surface area (Å²) >= 11 is 1.58. The highest BCUT2D eigenvalue weighted by atomic mass is 32.2. The van der Waals surface area contributed by atoms with Crippen LogP contribution < -0.4 is 15.4 Å². The molecule has 166 valence electrons. The first kappa shape index (κ1) is 20.0. The van der Waals surface area contributed by atoms with Crippen molar-refractivity contribution in [2.24, 2.45) is 0 Å². The summed E-state index contributed by atoms with van der Waals surface area (Å²) in [6.07, 6.45) is 4.59. The topological polar surface area (TPSA) is 105 Å². The SMILES string of the molecule is COc1ccc2c(c1)[C@]1(C[C@H]1c1ccc3c(Nc4nc(C)ncc4SC)n[nH]c3c1)C(=O)N2. The minimum absolute atomic E-state index is 0.0616. The number of nitrogens with zero attached hydrogens (tertiary/aromatic N) is 3. The van der Waals surface area contributed by atoms with E-state index in [1.165, 1.54) is 0 Å². The van der Waals surface area contributed by atoms with Gasteiger partial charge < -0.3 is 15.4 Å². The van der Waals surface area contributed by atoms with E-state index in [9.17, 15) is 4.79 Å². The molecule has 3 heterocycles. The van der Waals surface area contributed by atoms with Crippen LogP contribution in [0.2, 0.25) is 0 Å². The average molecular weight is 459 g/mol. The van der Waals surface area contributed by atoms with E-state index in [2.05, 4.69) is 49.0 Å². The van der Waals surface area contributed by atoms with Crippen molar-refractivity contribution in [3.63, 3.8) is 0 Å². The molecule has 1 fully saturated rings. The van der Waals surface area contributed by atoms with Crippen molar-refractivity contribution < 1.29 is 9.53 Å². The van der Waals surface area contributed by atoms with Crippen molar-refractivity contribution in [3.8, 4) is 5.75 Å². The Kier molecular flexibility index (Phi) is 4.38. The maximum absolute atomic E-state index is 13.0. The van der Waals surface area contributed by atoms with Gasteiger partial charge in [-0.05, 0) is 61.1 Å². The standard InChI is InChI=1S/C24H22N6O2S/c1-12-25-11-20(33-3)22(26-12)28-21-15-6-4-13(8-19(15)29-30-21)17-10-24(17)16-9-14(32-2)5-7-18(16)27-23(24)31/h4-9,11,17H,10H2,1-3H3,(H,27,31)(H2,25,26,28,29,30)/t17-,24-/m0/s1. The average Bonchev–Trinajstić information content (AvgIpc) is 3.38. The molecular weight excluding hydrogens is 436 g/mol. The number of ether oxygens (including phenoxy) is 1. The monoisotopic (exact) mass is 458 g/mol. The number of benzene rings is 2. The lowest BCUT2D eigenvalue weighted by Gasteiger charge is -2.10. The Morgan fingerprint density at radius 2 is 2.09 bits per heavy atom. The number of carbonyl (C=O) groups is 1. The first-order chi connectivity index (χ1) is 16.0. The molecular formula is C24H22N6O2S. The second-order valence-electron chi connectivity index (χ2n) is 8.43. The normalized spacial score (nSPS) is 20.7. The number of hydrogen-bond donors (Lipinski definition) is 3. The minimum atomic E-state index is -0.523. The Morgan fingerprint density at radius 3 is 2.91 bits per heavy atom. The third kappa shape index (κ3) is 2.99. The summed E-state index contributed by atoms with van der Waals surface area (Å²) in [7, 11) is 1.64. The third-order valence-electron chi connectivity index (χ3n) is 6.64. The molecule has 1 aliphatic carbocycles. The number of nitrogens with one attached hydrogen (secondary N) is 3. The largest absolute Gasteiger partial charge is 0.497 e. The summed E-state index contributed by atoms with van der Waals surface area (Å²) in [6, 6.07) is 12.0. The van der Waals surface area contributed by atoms with E-state index in [0.717, 1.165) is 50.6 Å². The Hall–Kier alpha value is -3.59. The molecule has 6 rings (SSSR count). The van der Waals surface area contributed by atoms with Crippen molar-refractivity contribution in [3.05, 3.63) is 59.5 Å². The highest BCUT2D eigenvalue weighted by molar-refractivity contribution is 7.98. The molecule has 9 heteroatoms. The molecule has 2 aliphatic rings. The first-order valence-corrected chi connectivity index (χ1v) is 11.9. The van der Waals surface area contributed by atoms with Gasteiger partial charge in [0.2, 0.25) is 5.91 Å². The predicted molar refractivity (Wildman–Crippen MR) is 129 cm³/mol. The number of anilines is 3. The van der Waals surface area contributed by atoms with E-state index in [0.29, 0.717) is 11.6 Å². The zero-order valence-corrected chi connectivity index (χ0v) is 19.2. The molecule has 8 nitrogen and oxygen atoms in total. The van der Waals surface area contributed by atoms with Gasteiger partial charge in [0.15, 0.2) is 5.82 Å². The smallest absolute Gasteiger partial charge is 0.235 e. The number of amides is 1. The summed E-state index contributed by atoms with van der Waals surface area (Å²) in [5.41, 5.74) is 3.41. The van der Waals surface area contributed by atoms with Crippen molar-refractivity contribution in [2.45, 2.75) is 29.6 Å². The van der Waals surface area contributed by atoms with Crippen LogP contribution in [0.4, 0.5) is 17.3 Å². The minimum Gasteiger partial charge on any atom is -0.497 e. The van der Waals surface area contributed by atoms with Gasteiger partial charge in [0.05, 0.1) is 22.9 Å². The number of hydrogen-bond acceptors (Lipinski definition) is 7. The van der Waals surface area contributed by atoms with Crippen molar-refractivity contribution in [1.82, 2.24) is 20.2 Å². The number of methoxy groups -OCH3 is 1. The molecule has 1 spiro atoms. The highest BCUT2D eigenvalue weighted by Crippen LogP contribution is 2.65. The van der Waals surface area contributed by atoms with Crippen LogP contribution in [0.15, 0.2) is 47.5 Å². The number of aryl methyl sites for hydroxylation is 1. The van der Waals surface area contributed by atoms with Crippen molar-refractivity contribution in [1.29, 1.82) is 0 Å². The maximum Gasteiger partial charge on any atom is 0.235 e. The molecule has 2 aromatic heterocycles. The summed E-state index contributed by atoms with van der Waals surface area (Å²) < 4.78 is 5.40. The maximum atomic E-state index is 13.0. The van der Waals surface area contributed by atoms with Crippen molar-refractivity contribution >= 4 is 45.9 Å². The van der Waals surface area contributed by atoms with Crippen LogP contribution in [-0.4, -0.2) is 39.4 Å². The molecule has 1 saturated carbocycles. The van der Waals surface area contributed by atoms with Gasteiger partial charge in [-0.15, -0.1) is 11.8 Å². The van der Waals surface area contributed by atoms with Crippen LogP contribution in [0.25, 0.3) is 10.9 Å². The molecule has 0 radical (unpaired) electrons. The van der Waals surface area contributed by atoms with Gasteiger partial charge in [-0.2, -0.15) is 5.10 Å². The number of rotatable bonds is 5. The summed E-state index contributed by atoms with van der Waals surface area (Å²) in [4.78, 5) is 22.7. The lowest BCUT2D eigenvalue weighted by atomic mass is 9.91. The number of carbonyl (C=O) groups excluding carboxylic acids is 1. The molecule has 0 unspecified atom stereocenters. The fourth-order valence-corrected chi connectivity index (χ4v) is 5.31. The van der Waals surface area contributed by atoms with Crippen LogP contribution in [0.1, 0.15) is 29.3 Å². The van der Waals surface area contributed by atoms with E-state index in [1.54, 1.807) is 18.9 Å². The van der Waals surface area contributed by atoms with Gasteiger partial charge in [0.1, 0.15) is 17.4 Å². The molecule has 33 heavy (non-hydrogen) atoms. The molecule has 4 aromatic rings.